The van der Waals surface area contributed by atoms with Gasteiger partial charge in [0.25, 0.3) is 5.91 Å². The molecule has 1 heterocycles. The predicted octanol–water partition coefficient (Wildman–Crippen LogP) is 1.17. The molecule has 1 unspecified atom stereocenters. The van der Waals surface area contributed by atoms with Crippen LogP contribution in [0.4, 0.5) is 0 Å². The summed E-state index contributed by atoms with van der Waals surface area (Å²) in [5, 5.41) is 6.65. The molecule has 78 valence electrons. The Labute approximate surface area is 88.2 Å². The lowest BCUT2D eigenvalue weighted by Gasteiger charge is -2.08. The van der Waals surface area contributed by atoms with Gasteiger partial charge in [-0.3, -0.25) is 9.48 Å². The molecule has 4 nitrogen and oxygen atoms in total. The SMILES string of the molecule is CCC(Cl)CNC(=O)c1ccnn1C. The lowest BCUT2D eigenvalue weighted by Crippen LogP contribution is -2.30. The van der Waals surface area contributed by atoms with Crippen molar-refractivity contribution in [2.24, 2.45) is 7.05 Å². The number of nitrogens with one attached hydrogen (secondary N) is 1. The van der Waals surface area contributed by atoms with Crippen LogP contribution in [0.5, 0.6) is 0 Å². The zero-order valence-electron chi connectivity index (χ0n) is 8.33. The van der Waals surface area contributed by atoms with Crippen LogP contribution in [0.25, 0.3) is 0 Å². The van der Waals surface area contributed by atoms with Crippen molar-refractivity contribution in [3.8, 4) is 0 Å². The number of hydrogen-bond donors (Lipinski definition) is 1. The Bertz CT molecular complexity index is 311. The van der Waals surface area contributed by atoms with E-state index in [9.17, 15) is 4.79 Å². The van der Waals surface area contributed by atoms with Crippen LogP contribution >= 0.6 is 11.6 Å². The van der Waals surface area contributed by atoms with E-state index in [4.69, 9.17) is 11.6 Å². The van der Waals surface area contributed by atoms with Gasteiger partial charge >= 0.3 is 0 Å². The van der Waals surface area contributed by atoms with Gasteiger partial charge in [-0.1, -0.05) is 6.92 Å². The second kappa shape index (κ2) is 5.00. The highest BCUT2D eigenvalue weighted by atomic mass is 35.5. The number of rotatable bonds is 4. The first kappa shape index (κ1) is 11.0. The quantitative estimate of drug-likeness (QED) is 0.767. The first-order valence-electron chi connectivity index (χ1n) is 4.55. The van der Waals surface area contributed by atoms with Crippen LogP contribution in [0.2, 0.25) is 0 Å². The smallest absolute Gasteiger partial charge is 0.269 e. The lowest BCUT2D eigenvalue weighted by molar-refractivity contribution is 0.0944. The number of amides is 1. The molecule has 1 aromatic heterocycles. The number of halogens is 1. The number of carbonyl (C=O) groups excluding carboxylic acids is 1. The molecule has 0 bridgehead atoms. The van der Waals surface area contributed by atoms with E-state index in [2.05, 4.69) is 10.4 Å². The maximum absolute atomic E-state index is 11.5. The van der Waals surface area contributed by atoms with Gasteiger partial charge in [0, 0.05) is 19.8 Å². The van der Waals surface area contributed by atoms with Crippen LogP contribution in [0.15, 0.2) is 12.3 Å². The average Bonchev–Trinajstić information content (AvgIpc) is 2.60. The Balaban J connectivity index is 2.47. The molecule has 0 aliphatic carbocycles. The fourth-order valence-corrected chi connectivity index (χ4v) is 1.11. The van der Waals surface area contributed by atoms with E-state index >= 15 is 0 Å². The third-order valence-electron chi connectivity index (χ3n) is 1.98. The molecule has 14 heavy (non-hydrogen) atoms. The highest BCUT2D eigenvalue weighted by molar-refractivity contribution is 6.20. The van der Waals surface area contributed by atoms with E-state index in [0.29, 0.717) is 12.2 Å². The molecule has 5 heteroatoms. The molecule has 1 aromatic rings. The number of aromatic nitrogens is 2. The number of nitrogens with zero attached hydrogens (tertiary/aromatic N) is 2. The minimum atomic E-state index is -0.135. The van der Waals surface area contributed by atoms with Gasteiger partial charge in [0.2, 0.25) is 0 Å². The van der Waals surface area contributed by atoms with Crippen molar-refractivity contribution in [1.29, 1.82) is 0 Å². The molecule has 0 aliphatic heterocycles. The zero-order valence-corrected chi connectivity index (χ0v) is 9.08. The Kier molecular flexibility index (Phi) is 3.95. The fourth-order valence-electron chi connectivity index (χ4n) is 1.03. The molecule has 1 atom stereocenters. The van der Waals surface area contributed by atoms with Crippen LogP contribution in [0.3, 0.4) is 0 Å². The zero-order chi connectivity index (χ0) is 10.6. The van der Waals surface area contributed by atoms with Crippen LogP contribution in [-0.4, -0.2) is 27.6 Å². The van der Waals surface area contributed by atoms with E-state index in [1.165, 1.54) is 4.68 Å². The second-order valence-electron chi connectivity index (χ2n) is 3.06. The molecule has 1 rings (SSSR count). The first-order chi connectivity index (χ1) is 6.65. The second-order valence-corrected chi connectivity index (χ2v) is 3.67. The molecule has 0 fully saturated rings. The number of hydrogen-bond acceptors (Lipinski definition) is 2. The monoisotopic (exact) mass is 215 g/mol. The highest BCUT2D eigenvalue weighted by Gasteiger charge is 2.10. The van der Waals surface area contributed by atoms with Crippen molar-refractivity contribution in [1.82, 2.24) is 15.1 Å². The molecule has 0 radical (unpaired) electrons. The molecule has 0 aliphatic rings. The van der Waals surface area contributed by atoms with Gasteiger partial charge in [0.1, 0.15) is 5.69 Å². The minimum Gasteiger partial charge on any atom is -0.349 e. The van der Waals surface area contributed by atoms with E-state index in [1.54, 1.807) is 19.3 Å². The van der Waals surface area contributed by atoms with Crippen molar-refractivity contribution in [3.05, 3.63) is 18.0 Å². The van der Waals surface area contributed by atoms with Crippen molar-refractivity contribution in [2.45, 2.75) is 18.7 Å². The Morgan fingerprint density at radius 1 is 1.79 bits per heavy atom. The molecule has 0 spiro atoms. The third kappa shape index (κ3) is 2.73. The van der Waals surface area contributed by atoms with Gasteiger partial charge in [0.05, 0.1) is 5.38 Å². The van der Waals surface area contributed by atoms with E-state index < -0.39 is 0 Å². The van der Waals surface area contributed by atoms with Crippen molar-refractivity contribution in [3.63, 3.8) is 0 Å². The lowest BCUT2D eigenvalue weighted by atomic mass is 10.3. The van der Waals surface area contributed by atoms with Gasteiger partial charge in [-0.15, -0.1) is 11.6 Å². The van der Waals surface area contributed by atoms with Crippen molar-refractivity contribution in [2.75, 3.05) is 6.54 Å². The van der Waals surface area contributed by atoms with Crippen LogP contribution in [-0.2, 0) is 7.05 Å². The maximum atomic E-state index is 11.5. The van der Waals surface area contributed by atoms with Crippen LogP contribution in [0, 0.1) is 0 Å². The summed E-state index contributed by atoms with van der Waals surface area (Å²) in [6.07, 6.45) is 2.43. The minimum absolute atomic E-state index is 0.00724. The normalized spacial score (nSPS) is 12.5. The third-order valence-corrected chi connectivity index (χ3v) is 2.44. The summed E-state index contributed by atoms with van der Waals surface area (Å²) in [6.45, 7) is 2.47. The summed E-state index contributed by atoms with van der Waals surface area (Å²) >= 11 is 5.87. The summed E-state index contributed by atoms with van der Waals surface area (Å²) in [5.74, 6) is -0.135. The molecule has 0 aromatic carbocycles. The molecule has 1 amide bonds. The standard InChI is InChI=1S/C9H14ClN3O/c1-3-7(10)6-11-9(14)8-4-5-12-13(8)2/h4-5,7H,3,6H2,1-2H3,(H,11,14). The average molecular weight is 216 g/mol. The largest absolute Gasteiger partial charge is 0.349 e. The van der Waals surface area contributed by atoms with Crippen molar-refractivity contribution >= 4 is 17.5 Å². The van der Waals surface area contributed by atoms with Gasteiger partial charge < -0.3 is 5.32 Å². The first-order valence-corrected chi connectivity index (χ1v) is 4.99. The van der Waals surface area contributed by atoms with Gasteiger partial charge in [0.15, 0.2) is 0 Å². The van der Waals surface area contributed by atoms with Gasteiger partial charge in [-0.25, -0.2) is 0 Å². The topological polar surface area (TPSA) is 46.9 Å². The summed E-state index contributed by atoms with van der Waals surface area (Å²) in [7, 11) is 1.73. The molecule has 0 saturated heterocycles. The number of aryl methyl sites for hydroxylation is 1. The Morgan fingerprint density at radius 2 is 2.50 bits per heavy atom. The van der Waals surface area contributed by atoms with E-state index in [0.717, 1.165) is 6.42 Å². The van der Waals surface area contributed by atoms with E-state index in [1.807, 2.05) is 6.92 Å². The van der Waals surface area contributed by atoms with Gasteiger partial charge in [-0.05, 0) is 12.5 Å². The molecule has 1 N–H and O–H groups in total. The van der Waals surface area contributed by atoms with Gasteiger partial charge in [-0.2, -0.15) is 5.10 Å². The molecular formula is C9H14ClN3O. The number of carbonyl (C=O) groups is 1. The maximum Gasteiger partial charge on any atom is 0.269 e. The summed E-state index contributed by atoms with van der Waals surface area (Å²) in [6, 6.07) is 1.67. The molecule has 0 saturated carbocycles. The van der Waals surface area contributed by atoms with Crippen LogP contribution in [0.1, 0.15) is 23.8 Å². The molecular weight excluding hydrogens is 202 g/mol. The Morgan fingerprint density at radius 3 is 3.00 bits per heavy atom. The Hall–Kier alpha value is -1.03. The predicted molar refractivity (Wildman–Crippen MR) is 55.5 cm³/mol. The van der Waals surface area contributed by atoms with Crippen LogP contribution < -0.4 is 5.32 Å². The fraction of sp³-hybridized carbons (Fsp3) is 0.556. The summed E-state index contributed by atoms with van der Waals surface area (Å²) in [4.78, 5) is 11.5. The summed E-state index contributed by atoms with van der Waals surface area (Å²) < 4.78 is 1.53. The van der Waals surface area contributed by atoms with E-state index in [-0.39, 0.29) is 11.3 Å². The highest BCUT2D eigenvalue weighted by Crippen LogP contribution is 2.00. The number of alkyl halides is 1. The van der Waals surface area contributed by atoms with Crippen molar-refractivity contribution < 1.29 is 4.79 Å². The summed E-state index contributed by atoms with van der Waals surface area (Å²) in [5.41, 5.74) is 0.546.